The summed E-state index contributed by atoms with van der Waals surface area (Å²) in [5, 5.41) is 9.80. The second-order valence-electron chi connectivity index (χ2n) is 8.27. The van der Waals surface area contributed by atoms with E-state index in [1.807, 2.05) is 18.2 Å². The minimum atomic E-state index is 0.0808. The fraction of sp³-hybridized carbons (Fsp3) is 0.417. The van der Waals surface area contributed by atoms with Crippen LogP contribution in [0.1, 0.15) is 43.2 Å². The smallest absolute Gasteiger partial charge is 0.225 e. The predicted molar refractivity (Wildman–Crippen MR) is 118 cm³/mol. The van der Waals surface area contributed by atoms with E-state index in [-0.39, 0.29) is 11.8 Å². The average molecular weight is 391 g/mol. The number of nitrogens with zero attached hydrogens (tertiary/aromatic N) is 1. The molecular formula is C24H30N4O. The zero-order valence-electron chi connectivity index (χ0n) is 17.1. The molecule has 4 rings (SSSR count). The van der Waals surface area contributed by atoms with Crippen molar-refractivity contribution < 1.29 is 4.79 Å². The first kappa shape index (κ1) is 19.5. The molecule has 2 aromatic rings. The lowest BCUT2D eigenvalue weighted by molar-refractivity contribution is -0.116. The topological polar surface area (TPSA) is 65.5 Å². The molecule has 1 heterocycles. The maximum atomic E-state index is 12.1. The third kappa shape index (κ3) is 4.97. The molecule has 2 aromatic carbocycles. The van der Waals surface area contributed by atoms with Gasteiger partial charge in [0.1, 0.15) is 0 Å². The Bertz CT molecular complexity index is 873. The van der Waals surface area contributed by atoms with E-state index in [1.54, 1.807) is 0 Å². The minimum Gasteiger partial charge on any atom is -0.357 e. The summed E-state index contributed by atoms with van der Waals surface area (Å²) in [6.45, 7) is 4.43. The first-order chi connectivity index (χ1) is 14.2. The number of hydrogen-bond donors (Lipinski definition) is 3. The maximum Gasteiger partial charge on any atom is 0.225 e. The summed E-state index contributed by atoms with van der Waals surface area (Å²) in [7, 11) is 0. The van der Waals surface area contributed by atoms with Crippen LogP contribution in [0.4, 0.5) is 5.69 Å². The van der Waals surface area contributed by atoms with Crippen LogP contribution in [0.3, 0.4) is 0 Å². The van der Waals surface area contributed by atoms with E-state index in [1.165, 1.54) is 24.0 Å². The first-order valence-electron chi connectivity index (χ1n) is 10.6. The quantitative estimate of drug-likeness (QED) is 0.499. The number of fused-ring (bicyclic) bond motifs is 1. The van der Waals surface area contributed by atoms with Crippen LogP contribution < -0.4 is 16.0 Å². The number of nitrogens with one attached hydrogen (secondary N) is 3. The lowest BCUT2D eigenvalue weighted by atomic mass is 9.90. The van der Waals surface area contributed by atoms with Crippen LogP contribution in [-0.4, -0.2) is 31.5 Å². The summed E-state index contributed by atoms with van der Waals surface area (Å²) in [6, 6.07) is 18.8. The molecule has 1 aliphatic carbocycles. The van der Waals surface area contributed by atoms with Gasteiger partial charge >= 0.3 is 0 Å². The molecule has 0 radical (unpaired) electrons. The van der Waals surface area contributed by atoms with Crippen molar-refractivity contribution in [2.24, 2.45) is 10.4 Å². The minimum absolute atomic E-state index is 0.0808. The fourth-order valence-corrected chi connectivity index (χ4v) is 4.09. The van der Waals surface area contributed by atoms with E-state index in [0.29, 0.717) is 18.4 Å². The SMILES string of the molecule is CCNC(=NCC1(Cc2ccccc2)CC1)NCC1CC(=O)Nc2ccccc21. The highest BCUT2D eigenvalue weighted by Crippen LogP contribution is 2.48. The van der Waals surface area contributed by atoms with E-state index in [0.717, 1.165) is 31.2 Å². The standard InChI is InChI=1S/C24H30N4O/c1-2-25-23(27-17-24(12-13-24)15-18-8-4-3-5-9-18)26-16-19-14-22(29)28-21-11-7-6-10-20(19)21/h3-11,19H,2,12-17H2,1H3,(H,28,29)(H2,25,26,27). The highest BCUT2D eigenvalue weighted by Gasteiger charge is 2.42. The van der Waals surface area contributed by atoms with Crippen molar-refractivity contribution in [1.82, 2.24) is 10.6 Å². The predicted octanol–water partition coefficient (Wildman–Crippen LogP) is 3.69. The van der Waals surface area contributed by atoms with Gasteiger partial charge in [-0.3, -0.25) is 9.79 Å². The molecular weight excluding hydrogens is 360 g/mol. The van der Waals surface area contributed by atoms with Crippen LogP contribution in [0.15, 0.2) is 59.6 Å². The Labute approximate surface area is 173 Å². The van der Waals surface area contributed by atoms with Crippen molar-refractivity contribution in [3.8, 4) is 0 Å². The highest BCUT2D eigenvalue weighted by molar-refractivity contribution is 5.94. The molecule has 29 heavy (non-hydrogen) atoms. The summed E-state index contributed by atoms with van der Waals surface area (Å²) in [5.41, 5.74) is 3.82. The largest absolute Gasteiger partial charge is 0.357 e. The Morgan fingerprint density at radius 3 is 2.62 bits per heavy atom. The zero-order chi connectivity index (χ0) is 20.1. The van der Waals surface area contributed by atoms with Crippen molar-refractivity contribution in [2.45, 2.75) is 38.5 Å². The number of anilines is 1. The maximum absolute atomic E-state index is 12.1. The van der Waals surface area contributed by atoms with Gasteiger partial charge in [0.2, 0.25) is 5.91 Å². The van der Waals surface area contributed by atoms with Crippen LogP contribution in [0.5, 0.6) is 0 Å². The molecule has 0 aromatic heterocycles. The molecule has 1 saturated carbocycles. The van der Waals surface area contributed by atoms with Gasteiger partial charge in [-0.15, -0.1) is 0 Å². The van der Waals surface area contributed by atoms with Crippen LogP contribution in [0, 0.1) is 5.41 Å². The molecule has 5 nitrogen and oxygen atoms in total. The third-order valence-corrected chi connectivity index (χ3v) is 5.92. The Hall–Kier alpha value is -2.82. The second-order valence-corrected chi connectivity index (χ2v) is 8.27. The van der Waals surface area contributed by atoms with Crippen molar-refractivity contribution in [2.75, 3.05) is 25.0 Å². The number of aliphatic imine (C=N–C) groups is 1. The molecule has 0 saturated heterocycles. The van der Waals surface area contributed by atoms with E-state index in [4.69, 9.17) is 4.99 Å². The molecule has 1 atom stereocenters. The normalized spacial score (nSPS) is 19.8. The lowest BCUT2D eigenvalue weighted by Gasteiger charge is -2.26. The Kier molecular flexibility index (Phi) is 5.84. The third-order valence-electron chi connectivity index (χ3n) is 5.92. The number of amides is 1. The van der Waals surface area contributed by atoms with E-state index in [9.17, 15) is 4.79 Å². The summed E-state index contributed by atoms with van der Waals surface area (Å²) >= 11 is 0. The average Bonchev–Trinajstić information content (AvgIpc) is 3.50. The van der Waals surface area contributed by atoms with Crippen LogP contribution in [0.25, 0.3) is 0 Å². The van der Waals surface area contributed by atoms with Crippen LogP contribution >= 0.6 is 0 Å². The van der Waals surface area contributed by atoms with Crippen molar-refractivity contribution in [3.63, 3.8) is 0 Å². The molecule has 1 amide bonds. The second kappa shape index (κ2) is 8.68. The van der Waals surface area contributed by atoms with Gasteiger partial charge in [-0.25, -0.2) is 0 Å². The first-order valence-corrected chi connectivity index (χ1v) is 10.6. The van der Waals surface area contributed by atoms with Crippen molar-refractivity contribution >= 4 is 17.6 Å². The molecule has 0 bridgehead atoms. The van der Waals surface area contributed by atoms with Gasteiger partial charge in [-0.1, -0.05) is 48.5 Å². The summed E-state index contributed by atoms with van der Waals surface area (Å²) in [6.07, 6.45) is 4.07. The summed E-state index contributed by atoms with van der Waals surface area (Å²) in [4.78, 5) is 17.0. The zero-order valence-corrected chi connectivity index (χ0v) is 17.1. The Balaban J connectivity index is 1.39. The van der Waals surface area contributed by atoms with Crippen LogP contribution in [-0.2, 0) is 11.2 Å². The number of carbonyl (C=O) groups is 1. The van der Waals surface area contributed by atoms with Gasteiger partial charge in [0.05, 0.1) is 0 Å². The molecule has 3 N–H and O–H groups in total. The molecule has 152 valence electrons. The molecule has 1 fully saturated rings. The number of benzene rings is 2. The lowest BCUT2D eigenvalue weighted by Crippen LogP contribution is -2.41. The van der Waals surface area contributed by atoms with E-state index < -0.39 is 0 Å². The Morgan fingerprint density at radius 2 is 1.86 bits per heavy atom. The van der Waals surface area contributed by atoms with Crippen LogP contribution in [0.2, 0.25) is 0 Å². The highest BCUT2D eigenvalue weighted by atomic mass is 16.1. The van der Waals surface area contributed by atoms with Crippen molar-refractivity contribution in [1.29, 1.82) is 0 Å². The number of hydrogen-bond acceptors (Lipinski definition) is 2. The van der Waals surface area contributed by atoms with E-state index in [2.05, 4.69) is 59.3 Å². The summed E-state index contributed by atoms with van der Waals surface area (Å²) < 4.78 is 0. The van der Waals surface area contributed by atoms with E-state index >= 15 is 0 Å². The number of guanidine groups is 1. The molecule has 0 spiro atoms. The van der Waals surface area contributed by atoms with Gasteiger partial charge < -0.3 is 16.0 Å². The number of para-hydroxylation sites is 1. The number of carbonyl (C=O) groups excluding carboxylic acids is 1. The molecule has 1 unspecified atom stereocenters. The van der Waals surface area contributed by atoms with Gasteiger partial charge in [0, 0.05) is 37.7 Å². The number of rotatable bonds is 7. The fourth-order valence-electron chi connectivity index (χ4n) is 4.09. The molecule has 5 heteroatoms. The molecule has 2 aliphatic rings. The summed E-state index contributed by atoms with van der Waals surface area (Å²) in [5.74, 6) is 1.08. The van der Waals surface area contributed by atoms with Crippen molar-refractivity contribution in [3.05, 3.63) is 65.7 Å². The van der Waals surface area contributed by atoms with Gasteiger partial charge in [-0.05, 0) is 48.8 Å². The monoisotopic (exact) mass is 390 g/mol. The van der Waals surface area contributed by atoms with Gasteiger partial charge in [0.25, 0.3) is 0 Å². The molecule has 1 aliphatic heterocycles. The van der Waals surface area contributed by atoms with Gasteiger partial charge in [-0.2, -0.15) is 0 Å². The van der Waals surface area contributed by atoms with Gasteiger partial charge in [0.15, 0.2) is 5.96 Å². The Morgan fingerprint density at radius 1 is 1.10 bits per heavy atom.